The molecule has 12 heteroatoms. The van der Waals surface area contributed by atoms with Crippen LogP contribution >= 0.6 is 0 Å². The smallest absolute Gasteiger partial charge is 0.274 e. The highest BCUT2D eigenvalue weighted by atomic mass is 19.1. The van der Waals surface area contributed by atoms with Crippen LogP contribution < -0.4 is 16.8 Å². The lowest BCUT2D eigenvalue weighted by Crippen LogP contribution is -2.26. The molecule has 1 amide bonds. The van der Waals surface area contributed by atoms with Crippen molar-refractivity contribution in [2.45, 2.75) is 13.1 Å². The second-order valence-corrected chi connectivity index (χ2v) is 7.21. The summed E-state index contributed by atoms with van der Waals surface area (Å²) in [6.45, 7) is 0.132. The third kappa shape index (κ3) is 3.82. The highest BCUT2D eigenvalue weighted by Gasteiger charge is 2.22. The Morgan fingerprint density at radius 1 is 1.12 bits per heavy atom. The fraction of sp³-hybridized carbons (Fsp3) is 0.0909. The lowest BCUT2D eigenvalue weighted by atomic mass is 10.1. The SMILES string of the molecule is NCc1cnc2ccc(-c3nc(C(=O)NCc4ncccc4F)c(N)nc3-c3ncco3)cn12. The number of amides is 1. The number of oxazole rings is 1. The number of rotatable bonds is 6. The minimum atomic E-state index is -0.637. The van der Waals surface area contributed by atoms with Crippen molar-refractivity contribution in [3.05, 3.63) is 78.2 Å². The number of nitrogen functional groups attached to an aromatic ring is 1. The van der Waals surface area contributed by atoms with Gasteiger partial charge in [-0.1, -0.05) is 0 Å². The first-order valence-electron chi connectivity index (χ1n) is 10.2. The molecular formula is C22H18FN9O2. The standard InChI is InChI=1S/C22H18FN9O2/c23-14-2-1-5-26-15(14)10-29-21(33)19-20(25)31-18(22-27-6-7-34-22)17(30-19)12-3-4-16-28-9-13(8-24)32(16)11-12/h1-7,9,11H,8,10,24H2,(H2,25,31)(H,29,33). The van der Waals surface area contributed by atoms with E-state index < -0.39 is 11.7 Å². The summed E-state index contributed by atoms with van der Waals surface area (Å²) in [6.07, 6.45) is 7.75. The van der Waals surface area contributed by atoms with Gasteiger partial charge in [0.15, 0.2) is 17.2 Å². The molecule has 0 atom stereocenters. The Balaban J connectivity index is 1.58. The quantitative estimate of drug-likeness (QED) is 0.344. The topological polar surface area (TPSA) is 163 Å². The molecule has 0 aromatic carbocycles. The summed E-state index contributed by atoms with van der Waals surface area (Å²) in [5.74, 6) is -1.13. The molecule has 0 radical (unpaired) electrons. The molecule has 34 heavy (non-hydrogen) atoms. The summed E-state index contributed by atoms with van der Waals surface area (Å²) < 4.78 is 21.1. The Bertz CT molecular complexity index is 1500. The predicted octanol–water partition coefficient (Wildman–Crippen LogP) is 1.95. The van der Waals surface area contributed by atoms with E-state index in [4.69, 9.17) is 15.9 Å². The Hall–Kier alpha value is -4.71. The average Bonchev–Trinajstić information content (AvgIpc) is 3.53. The van der Waals surface area contributed by atoms with Crippen LogP contribution in [0.4, 0.5) is 10.2 Å². The number of carbonyl (C=O) groups excluding carboxylic acids is 1. The van der Waals surface area contributed by atoms with Crippen LogP contribution in [0.3, 0.4) is 0 Å². The van der Waals surface area contributed by atoms with Gasteiger partial charge in [0.05, 0.1) is 30.3 Å². The van der Waals surface area contributed by atoms with Gasteiger partial charge in [0.25, 0.3) is 5.91 Å². The van der Waals surface area contributed by atoms with E-state index in [9.17, 15) is 9.18 Å². The van der Waals surface area contributed by atoms with Crippen LogP contribution in [0.5, 0.6) is 0 Å². The predicted molar refractivity (Wildman–Crippen MR) is 119 cm³/mol. The van der Waals surface area contributed by atoms with Crippen LogP contribution in [-0.2, 0) is 13.1 Å². The highest BCUT2D eigenvalue weighted by molar-refractivity contribution is 5.97. The first-order chi connectivity index (χ1) is 16.5. The minimum absolute atomic E-state index is 0.0823. The molecule has 0 aliphatic rings. The lowest BCUT2D eigenvalue weighted by Gasteiger charge is -2.12. The lowest BCUT2D eigenvalue weighted by molar-refractivity contribution is 0.0946. The molecule has 0 spiro atoms. The molecule has 5 N–H and O–H groups in total. The molecule has 0 aliphatic heterocycles. The summed E-state index contributed by atoms with van der Waals surface area (Å²) in [6, 6.07) is 6.29. The zero-order valence-electron chi connectivity index (χ0n) is 17.6. The number of nitrogens with two attached hydrogens (primary N) is 2. The number of fused-ring (bicyclic) bond motifs is 1. The second-order valence-electron chi connectivity index (χ2n) is 7.21. The van der Waals surface area contributed by atoms with Crippen molar-refractivity contribution in [2.75, 3.05) is 5.73 Å². The number of hydrogen-bond acceptors (Lipinski definition) is 9. The van der Waals surface area contributed by atoms with Gasteiger partial charge in [0.1, 0.15) is 23.4 Å². The minimum Gasteiger partial charge on any atom is -0.443 e. The molecule has 5 aromatic heterocycles. The van der Waals surface area contributed by atoms with E-state index in [0.29, 0.717) is 16.9 Å². The molecule has 0 fully saturated rings. The summed E-state index contributed by atoms with van der Waals surface area (Å²) >= 11 is 0. The number of halogens is 1. The van der Waals surface area contributed by atoms with Crippen molar-refractivity contribution in [1.29, 1.82) is 0 Å². The van der Waals surface area contributed by atoms with E-state index in [1.807, 2.05) is 4.40 Å². The van der Waals surface area contributed by atoms with Crippen LogP contribution in [0.2, 0.25) is 0 Å². The number of carbonyl (C=O) groups is 1. The summed E-state index contributed by atoms with van der Waals surface area (Å²) in [4.78, 5) is 34.1. The number of nitrogens with zero attached hydrogens (tertiary/aromatic N) is 6. The number of imidazole rings is 1. The number of pyridine rings is 2. The first-order valence-corrected chi connectivity index (χ1v) is 10.2. The maximum absolute atomic E-state index is 13.9. The molecule has 11 nitrogen and oxygen atoms in total. The van der Waals surface area contributed by atoms with Crippen molar-refractivity contribution in [1.82, 2.24) is 34.6 Å². The van der Waals surface area contributed by atoms with E-state index in [-0.39, 0.29) is 41.9 Å². The van der Waals surface area contributed by atoms with Gasteiger partial charge in [-0.25, -0.2) is 24.3 Å². The molecule has 0 bridgehead atoms. The van der Waals surface area contributed by atoms with Crippen LogP contribution in [0, 0.1) is 5.82 Å². The maximum atomic E-state index is 13.9. The monoisotopic (exact) mass is 459 g/mol. The number of hydrogen-bond donors (Lipinski definition) is 3. The van der Waals surface area contributed by atoms with E-state index >= 15 is 0 Å². The van der Waals surface area contributed by atoms with Crippen molar-refractivity contribution >= 4 is 17.4 Å². The normalized spacial score (nSPS) is 11.1. The van der Waals surface area contributed by atoms with E-state index in [2.05, 4.69) is 30.2 Å². The highest BCUT2D eigenvalue weighted by Crippen LogP contribution is 2.30. The molecule has 5 aromatic rings. The second kappa shape index (κ2) is 8.67. The van der Waals surface area contributed by atoms with Gasteiger partial charge in [-0.05, 0) is 24.3 Å². The Labute approximate surface area is 191 Å². The van der Waals surface area contributed by atoms with Gasteiger partial charge < -0.3 is 25.6 Å². The molecule has 0 saturated carbocycles. The number of anilines is 1. The zero-order valence-corrected chi connectivity index (χ0v) is 17.6. The largest absolute Gasteiger partial charge is 0.443 e. The van der Waals surface area contributed by atoms with Crippen LogP contribution in [0.1, 0.15) is 21.9 Å². The van der Waals surface area contributed by atoms with E-state index in [1.54, 1.807) is 24.5 Å². The van der Waals surface area contributed by atoms with Gasteiger partial charge in [-0.3, -0.25) is 9.78 Å². The molecular weight excluding hydrogens is 441 g/mol. The molecule has 0 unspecified atom stereocenters. The van der Waals surface area contributed by atoms with Crippen molar-refractivity contribution < 1.29 is 13.6 Å². The zero-order chi connectivity index (χ0) is 23.7. The number of aromatic nitrogens is 6. The molecule has 0 aliphatic carbocycles. The van der Waals surface area contributed by atoms with Gasteiger partial charge in [0.2, 0.25) is 5.89 Å². The Kier molecular flexibility index (Phi) is 5.40. The third-order valence-electron chi connectivity index (χ3n) is 5.09. The fourth-order valence-corrected chi connectivity index (χ4v) is 3.42. The summed E-state index contributed by atoms with van der Waals surface area (Å²) in [5.41, 5.74) is 14.5. The summed E-state index contributed by atoms with van der Waals surface area (Å²) in [7, 11) is 0. The maximum Gasteiger partial charge on any atom is 0.274 e. The number of nitrogens with one attached hydrogen (secondary N) is 1. The molecule has 170 valence electrons. The van der Waals surface area contributed by atoms with Crippen LogP contribution in [-0.4, -0.2) is 35.2 Å². The van der Waals surface area contributed by atoms with Crippen molar-refractivity contribution in [2.24, 2.45) is 5.73 Å². The van der Waals surface area contributed by atoms with Crippen LogP contribution in [0.25, 0.3) is 28.5 Å². The molecule has 5 heterocycles. The van der Waals surface area contributed by atoms with Gasteiger partial charge in [-0.2, -0.15) is 0 Å². The van der Waals surface area contributed by atoms with E-state index in [1.165, 1.54) is 30.8 Å². The molecule has 5 rings (SSSR count). The van der Waals surface area contributed by atoms with Crippen molar-refractivity contribution in [3.63, 3.8) is 0 Å². The van der Waals surface area contributed by atoms with Gasteiger partial charge >= 0.3 is 0 Å². The van der Waals surface area contributed by atoms with Crippen molar-refractivity contribution in [3.8, 4) is 22.8 Å². The fourth-order valence-electron chi connectivity index (χ4n) is 3.42. The van der Waals surface area contributed by atoms with Crippen LogP contribution in [0.15, 0.2) is 59.7 Å². The Morgan fingerprint density at radius 3 is 2.76 bits per heavy atom. The average molecular weight is 459 g/mol. The van der Waals surface area contributed by atoms with E-state index in [0.717, 1.165) is 5.69 Å². The Morgan fingerprint density at radius 2 is 2.00 bits per heavy atom. The van der Waals surface area contributed by atoms with Gasteiger partial charge in [-0.15, -0.1) is 0 Å². The molecule has 0 saturated heterocycles. The summed E-state index contributed by atoms with van der Waals surface area (Å²) in [5, 5.41) is 2.58. The van der Waals surface area contributed by atoms with Gasteiger partial charge in [0, 0.05) is 24.5 Å². The third-order valence-corrected chi connectivity index (χ3v) is 5.09. The first kappa shape index (κ1) is 21.2.